The molecule has 1 aromatic heterocycles. The van der Waals surface area contributed by atoms with E-state index in [4.69, 9.17) is 14.9 Å². The topological polar surface area (TPSA) is 51.6 Å². The van der Waals surface area contributed by atoms with Gasteiger partial charge in [-0.2, -0.15) is 0 Å². The van der Waals surface area contributed by atoms with Crippen molar-refractivity contribution in [1.82, 2.24) is 4.90 Å². The average molecular weight is 238 g/mol. The lowest BCUT2D eigenvalue weighted by Crippen LogP contribution is -2.41. The predicted molar refractivity (Wildman–Crippen MR) is 66.7 cm³/mol. The van der Waals surface area contributed by atoms with Crippen molar-refractivity contribution in [2.24, 2.45) is 5.73 Å². The molecule has 2 atom stereocenters. The minimum atomic E-state index is 0.110. The molecule has 1 aromatic rings. The molecule has 0 radical (unpaired) electrons. The lowest BCUT2D eigenvalue weighted by Gasteiger charge is -2.32. The standard InChI is InChI=1S/C13H22N2O2/c1-2-11(14)13(12-5-3-9-17-12)15-6-4-8-16-10-7-15/h3,5,9,11,13H,2,4,6-8,10,14H2,1H3. The normalized spacial score (nSPS) is 22.0. The predicted octanol–water partition coefficient (Wildman–Crippen LogP) is 1.78. The van der Waals surface area contributed by atoms with Gasteiger partial charge in [0.2, 0.25) is 0 Å². The van der Waals surface area contributed by atoms with Crippen molar-refractivity contribution in [1.29, 1.82) is 0 Å². The van der Waals surface area contributed by atoms with E-state index in [-0.39, 0.29) is 12.1 Å². The fourth-order valence-electron chi connectivity index (χ4n) is 2.39. The van der Waals surface area contributed by atoms with Gasteiger partial charge in [0.25, 0.3) is 0 Å². The minimum Gasteiger partial charge on any atom is -0.468 e. The van der Waals surface area contributed by atoms with E-state index < -0.39 is 0 Å². The number of nitrogens with two attached hydrogens (primary N) is 1. The van der Waals surface area contributed by atoms with Crippen LogP contribution in [0.3, 0.4) is 0 Å². The van der Waals surface area contributed by atoms with Crippen LogP contribution in [0.2, 0.25) is 0 Å². The molecule has 2 N–H and O–H groups in total. The summed E-state index contributed by atoms with van der Waals surface area (Å²) < 4.78 is 11.0. The fraction of sp³-hybridized carbons (Fsp3) is 0.692. The number of furan rings is 1. The molecular formula is C13H22N2O2. The Balaban J connectivity index is 2.14. The van der Waals surface area contributed by atoms with Gasteiger partial charge in [-0.05, 0) is 25.0 Å². The zero-order valence-corrected chi connectivity index (χ0v) is 10.5. The summed E-state index contributed by atoms with van der Waals surface area (Å²) in [5, 5.41) is 0. The van der Waals surface area contributed by atoms with Crippen LogP contribution in [0.4, 0.5) is 0 Å². The zero-order chi connectivity index (χ0) is 12.1. The molecule has 2 rings (SSSR count). The third-order valence-electron chi connectivity index (χ3n) is 3.36. The van der Waals surface area contributed by atoms with Gasteiger partial charge in [0, 0.05) is 25.7 Å². The van der Waals surface area contributed by atoms with Crippen molar-refractivity contribution in [3.63, 3.8) is 0 Å². The summed E-state index contributed by atoms with van der Waals surface area (Å²) in [7, 11) is 0. The molecule has 0 amide bonds. The molecule has 0 aromatic carbocycles. The van der Waals surface area contributed by atoms with E-state index in [9.17, 15) is 0 Å². The maximum absolute atomic E-state index is 6.25. The van der Waals surface area contributed by atoms with Crippen LogP contribution in [0.1, 0.15) is 31.6 Å². The van der Waals surface area contributed by atoms with E-state index in [1.54, 1.807) is 6.26 Å². The molecule has 0 bridgehead atoms. The zero-order valence-electron chi connectivity index (χ0n) is 10.5. The third kappa shape index (κ3) is 3.09. The van der Waals surface area contributed by atoms with E-state index in [0.29, 0.717) is 0 Å². The summed E-state index contributed by atoms with van der Waals surface area (Å²) in [6, 6.07) is 4.24. The van der Waals surface area contributed by atoms with Crippen LogP contribution in [-0.2, 0) is 4.74 Å². The van der Waals surface area contributed by atoms with Crippen molar-refractivity contribution in [3.8, 4) is 0 Å². The second-order valence-electron chi connectivity index (χ2n) is 4.53. The molecule has 4 nitrogen and oxygen atoms in total. The maximum Gasteiger partial charge on any atom is 0.122 e. The van der Waals surface area contributed by atoms with Crippen molar-refractivity contribution < 1.29 is 9.15 Å². The van der Waals surface area contributed by atoms with E-state index in [0.717, 1.165) is 44.9 Å². The van der Waals surface area contributed by atoms with Gasteiger partial charge in [0.05, 0.1) is 18.9 Å². The smallest absolute Gasteiger partial charge is 0.122 e. The van der Waals surface area contributed by atoms with Gasteiger partial charge in [-0.1, -0.05) is 6.92 Å². The molecule has 0 aliphatic carbocycles. The van der Waals surface area contributed by atoms with Crippen molar-refractivity contribution in [2.75, 3.05) is 26.3 Å². The fourth-order valence-corrected chi connectivity index (χ4v) is 2.39. The second kappa shape index (κ2) is 6.19. The summed E-state index contributed by atoms with van der Waals surface area (Å²) in [5.41, 5.74) is 6.25. The Kier molecular flexibility index (Phi) is 4.59. The summed E-state index contributed by atoms with van der Waals surface area (Å²) in [6.45, 7) is 5.71. The minimum absolute atomic E-state index is 0.110. The highest BCUT2D eigenvalue weighted by molar-refractivity contribution is 5.08. The summed E-state index contributed by atoms with van der Waals surface area (Å²) in [6.07, 6.45) is 3.73. The second-order valence-corrected chi connectivity index (χ2v) is 4.53. The molecule has 1 saturated heterocycles. The van der Waals surface area contributed by atoms with Crippen LogP contribution in [0, 0.1) is 0 Å². The molecule has 96 valence electrons. The highest BCUT2D eigenvalue weighted by atomic mass is 16.5. The Morgan fingerprint density at radius 1 is 1.41 bits per heavy atom. The Labute approximate surface area is 103 Å². The van der Waals surface area contributed by atoms with E-state index >= 15 is 0 Å². The van der Waals surface area contributed by atoms with Crippen LogP contribution in [0.25, 0.3) is 0 Å². The largest absolute Gasteiger partial charge is 0.468 e. The molecule has 2 heterocycles. The molecule has 1 aliphatic rings. The van der Waals surface area contributed by atoms with Crippen LogP contribution in [0.15, 0.2) is 22.8 Å². The quantitative estimate of drug-likeness (QED) is 0.868. The lowest BCUT2D eigenvalue weighted by molar-refractivity contribution is 0.117. The van der Waals surface area contributed by atoms with Gasteiger partial charge in [-0.3, -0.25) is 4.90 Å². The van der Waals surface area contributed by atoms with Crippen molar-refractivity contribution >= 4 is 0 Å². The van der Waals surface area contributed by atoms with Gasteiger partial charge < -0.3 is 14.9 Å². The molecular weight excluding hydrogens is 216 g/mol. The monoisotopic (exact) mass is 238 g/mol. The average Bonchev–Trinajstić information content (AvgIpc) is 2.73. The molecule has 0 saturated carbocycles. The van der Waals surface area contributed by atoms with Crippen molar-refractivity contribution in [2.45, 2.75) is 31.8 Å². The third-order valence-corrected chi connectivity index (χ3v) is 3.36. The highest BCUT2D eigenvalue weighted by Crippen LogP contribution is 2.26. The first-order valence-electron chi connectivity index (χ1n) is 6.43. The molecule has 1 aliphatic heterocycles. The van der Waals surface area contributed by atoms with E-state index in [1.165, 1.54) is 0 Å². The molecule has 17 heavy (non-hydrogen) atoms. The summed E-state index contributed by atoms with van der Waals surface area (Å²) in [4.78, 5) is 2.39. The summed E-state index contributed by atoms with van der Waals surface area (Å²) in [5.74, 6) is 0.973. The molecule has 2 unspecified atom stereocenters. The van der Waals surface area contributed by atoms with Gasteiger partial charge in [0.1, 0.15) is 5.76 Å². The van der Waals surface area contributed by atoms with E-state index in [1.807, 2.05) is 12.1 Å². The van der Waals surface area contributed by atoms with Crippen LogP contribution < -0.4 is 5.73 Å². The molecule has 0 spiro atoms. The van der Waals surface area contributed by atoms with Crippen LogP contribution >= 0.6 is 0 Å². The Morgan fingerprint density at radius 2 is 2.29 bits per heavy atom. The van der Waals surface area contributed by atoms with Crippen LogP contribution in [-0.4, -0.2) is 37.2 Å². The first-order valence-corrected chi connectivity index (χ1v) is 6.43. The number of rotatable bonds is 4. The number of hydrogen-bond acceptors (Lipinski definition) is 4. The van der Waals surface area contributed by atoms with Crippen LogP contribution in [0.5, 0.6) is 0 Å². The first kappa shape index (κ1) is 12.6. The van der Waals surface area contributed by atoms with Gasteiger partial charge in [-0.25, -0.2) is 0 Å². The Bertz CT molecular complexity index is 305. The SMILES string of the molecule is CCC(N)C(c1ccco1)N1CCCOCC1. The highest BCUT2D eigenvalue weighted by Gasteiger charge is 2.28. The molecule has 4 heteroatoms. The van der Waals surface area contributed by atoms with Gasteiger partial charge in [0.15, 0.2) is 0 Å². The van der Waals surface area contributed by atoms with Crippen molar-refractivity contribution in [3.05, 3.63) is 24.2 Å². The summed E-state index contributed by atoms with van der Waals surface area (Å²) >= 11 is 0. The number of ether oxygens (including phenoxy) is 1. The Morgan fingerprint density at radius 3 is 3.00 bits per heavy atom. The lowest BCUT2D eigenvalue weighted by atomic mass is 10.0. The van der Waals surface area contributed by atoms with Gasteiger partial charge in [-0.15, -0.1) is 0 Å². The maximum atomic E-state index is 6.25. The first-order chi connectivity index (χ1) is 8.33. The Hall–Kier alpha value is -0.840. The van der Waals surface area contributed by atoms with E-state index in [2.05, 4.69) is 11.8 Å². The number of hydrogen-bond donors (Lipinski definition) is 1. The van der Waals surface area contributed by atoms with Gasteiger partial charge >= 0.3 is 0 Å². The molecule has 1 fully saturated rings. The number of nitrogens with zero attached hydrogens (tertiary/aromatic N) is 1.